The average molecular weight is 261 g/mol. The number of anilines is 1. The number of hydrogen-bond donors (Lipinski definition) is 2. The van der Waals surface area contributed by atoms with Crippen LogP contribution in [0.25, 0.3) is 0 Å². The van der Waals surface area contributed by atoms with Gasteiger partial charge in [-0.15, -0.1) is 0 Å². The Kier molecular flexibility index (Phi) is 4.44. The van der Waals surface area contributed by atoms with Gasteiger partial charge < -0.3 is 15.2 Å². The lowest BCUT2D eigenvalue weighted by Gasteiger charge is -2.06. The lowest BCUT2D eigenvalue weighted by atomic mass is 10.3. The zero-order valence-corrected chi connectivity index (χ0v) is 10.6. The molecule has 7 heteroatoms. The number of nitrogens with one attached hydrogen (secondary N) is 2. The monoisotopic (exact) mass is 261 g/mol. The number of amides is 1. The van der Waals surface area contributed by atoms with Crippen molar-refractivity contribution in [2.45, 2.75) is 13.3 Å². The van der Waals surface area contributed by atoms with Crippen molar-refractivity contribution in [3.63, 3.8) is 0 Å². The van der Waals surface area contributed by atoms with E-state index >= 15 is 0 Å². The molecule has 19 heavy (non-hydrogen) atoms. The Hall–Kier alpha value is -2.44. The van der Waals surface area contributed by atoms with Crippen LogP contribution in [0.2, 0.25) is 0 Å². The van der Waals surface area contributed by atoms with E-state index in [-0.39, 0.29) is 5.91 Å². The standard InChI is InChI=1S/C12H15N5O2/c1-2-13-10-5-3-4-9(16-10)12(18)14-7-6-11-15-8-19-17-11/h3-5,8H,2,6-7H2,1H3,(H,13,16)(H,14,18). The van der Waals surface area contributed by atoms with E-state index in [0.29, 0.717) is 30.3 Å². The molecule has 2 heterocycles. The first-order valence-corrected chi connectivity index (χ1v) is 6.04. The Bertz CT molecular complexity index is 527. The SMILES string of the molecule is CCNc1cccc(C(=O)NCCc2ncon2)n1. The van der Waals surface area contributed by atoms with Crippen LogP contribution in [0.15, 0.2) is 29.1 Å². The van der Waals surface area contributed by atoms with Gasteiger partial charge >= 0.3 is 0 Å². The Morgan fingerprint density at radius 1 is 1.42 bits per heavy atom. The molecule has 0 saturated heterocycles. The Labute approximate surface area is 110 Å². The van der Waals surface area contributed by atoms with Crippen LogP contribution < -0.4 is 10.6 Å². The second kappa shape index (κ2) is 6.48. The van der Waals surface area contributed by atoms with Gasteiger partial charge in [0.25, 0.3) is 5.91 Å². The van der Waals surface area contributed by atoms with Gasteiger partial charge in [-0.05, 0) is 19.1 Å². The molecule has 0 aliphatic carbocycles. The van der Waals surface area contributed by atoms with Gasteiger partial charge in [-0.1, -0.05) is 11.2 Å². The van der Waals surface area contributed by atoms with Crippen molar-refractivity contribution in [3.8, 4) is 0 Å². The minimum Gasteiger partial charge on any atom is -0.370 e. The quantitative estimate of drug-likeness (QED) is 0.801. The lowest BCUT2D eigenvalue weighted by Crippen LogP contribution is -2.27. The van der Waals surface area contributed by atoms with Gasteiger partial charge in [0.2, 0.25) is 6.39 Å². The van der Waals surface area contributed by atoms with E-state index in [9.17, 15) is 4.79 Å². The zero-order chi connectivity index (χ0) is 13.5. The molecular formula is C12H15N5O2. The van der Waals surface area contributed by atoms with E-state index in [1.54, 1.807) is 12.1 Å². The van der Waals surface area contributed by atoms with Gasteiger partial charge in [-0.3, -0.25) is 4.79 Å². The third-order valence-electron chi connectivity index (χ3n) is 2.38. The van der Waals surface area contributed by atoms with E-state index in [0.717, 1.165) is 6.54 Å². The van der Waals surface area contributed by atoms with Crippen molar-refractivity contribution in [3.05, 3.63) is 36.1 Å². The van der Waals surface area contributed by atoms with Gasteiger partial charge in [0, 0.05) is 19.5 Å². The first kappa shape index (κ1) is 13.0. The molecule has 0 aliphatic heterocycles. The molecule has 2 N–H and O–H groups in total. The molecule has 0 radical (unpaired) electrons. The van der Waals surface area contributed by atoms with Crippen molar-refractivity contribution in [1.82, 2.24) is 20.4 Å². The predicted octanol–water partition coefficient (Wildman–Crippen LogP) is 0.869. The Balaban J connectivity index is 1.87. The van der Waals surface area contributed by atoms with Crippen LogP contribution in [0.1, 0.15) is 23.2 Å². The van der Waals surface area contributed by atoms with Crippen LogP contribution in [0.4, 0.5) is 5.82 Å². The van der Waals surface area contributed by atoms with Crippen LogP contribution in [0.5, 0.6) is 0 Å². The summed E-state index contributed by atoms with van der Waals surface area (Å²) >= 11 is 0. The summed E-state index contributed by atoms with van der Waals surface area (Å²) in [6.07, 6.45) is 1.79. The molecule has 2 aromatic rings. The van der Waals surface area contributed by atoms with Gasteiger partial charge in [0.1, 0.15) is 11.5 Å². The fourth-order valence-electron chi connectivity index (χ4n) is 1.52. The highest BCUT2D eigenvalue weighted by atomic mass is 16.5. The van der Waals surface area contributed by atoms with E-state index in [1.807, 2.05) is 13.0 Å². The normalized spacial score (nSPS) is 10.2. The van der Waals surface area contributed by atoms with E-state index in [1.165, 1.54) is 6.39 Å². The molecule has 0 spiro atoms. The molecule has 1 amide bonds. The highest BCUT2D eigenvalue weighted by molar-refractivity contribution is 5.92. The second-order valence-electron chi connectivity index (χ2n) is 3.79. The topological polar surface area (TPSA) is 92.9 Å². The van der Waals surface area contributed by atoms with E-state index < -0.39 is 0 Å². The summed E-state index contributed by atoms with van der Waals surface area (Å²) in [5, 5.41) is 9.47. The predicted molar refractivity (Wildman–Crippen MR) is 68.7 cm³/mol. The van der Waals surface area contributed by atoms with Crippen molar-refractivity contribution in [2.75, 3.05) is 18.4 Å². The van der Waals surface area contributed by atoms with Gasteiger partial charge in [-0.2, -0.15) is 4.98 Å². The highest BCUT2D eigenvalue weighted by Gasteiger charge is 2.07. The van der Waals surface area contributed by atoms with E-state index in [2.05, 4.69) is 30.3 Å². The van der Waals surface area contributed by atoms with Crippen LogP contribution in [-0.4, -0.2) is 34.1 Å². The number of carbonyl (C=O) groups is 1. The summed E-state index contributed by atoms with van der Waals surface area (Å²) in [5.74, 6) is 1.03. The maximum Gasteiger partial charge on any atom is 0.269 e. The number of pyridine rings is 1. The number of nitrogens with zero attached hydrogens (tertiary/aromatic N) is 3. The second-order valence-corrected chi connectivity index (χ2v) is 3.79. The van der Waals surface area contributed by atoms with E-state index in [4.69, 9.17) is 0 Å². The molecule has 100 valence electrons. The molecule has 2 rings (SSSR count). The molecule has 0 atom stereocenters. The van der Waals surface area contributed by atoms with Gasteiger partial charge in [0.05, 0.1) is 0 Å². The molecule has 7 nitrogen and oxygen atoms in total. The fraction of sp³-hybridized carbons (Fsp3) is 0.333. The minimum atomic E-state index is -0.219. The third-order valence-corrected chi connectivity index (χ3v) is 2.38. The fourth-order valence-corrected chi connectivity index (χ4v) is 1.52. The molecule has 0 saturated carbocycles. The molecule has 2 aromatic heterocycles. The zero-order valence-electron chi connectivity index (χ0n) is 10.6. The third kappa shape index (κ3) is 3.77. The number of carbonyl (C=O) groups excluding carboxylic acids is 1. The van der Waals surface area contributed by atoms with Crippen molar-refractivity contribution in [1.29, 1.82) is 0 Å². The Morgan fingerprint density at radius 2 is 2.32 bits per heavy atom. The highest BCUT2D eigenvalue weighted by Crippen LogP contribution is 2.04. The molecule has 0 aromatic carbocycles. The maximum atomic E-state index is 11.9. The lowest BCUT2D eigenvalue weighted by molar-refractivity contribution is 0.0949. The van der Waals surface area contributed by atoms with Crippen LogP contribution >= 0.6 is 0 Å². The molecular weight excluding hydrogens is 246 g/mol. The Morgan fingerprint density at radius 3 is 3.05 bits per heavy atom. The number of aromatic nitrogens is 3. The average Bonchev–Trinajstić information content (AvgIpc) is 2.92. The summed E-state index contributed by atoms with van der Waals surface area (Å²) in [5.41, 5.74) is 0.381. The van der Waals surface area contributed by atoms with Crippen molar-refractivity contribution in [2.24, 2.45) is 0 Å². The molecule has 0 unspecified atom stereocenters. The summed E-state index contributed by atoms with van der Waals surface area (Å²) < 4.78 is 4.60. The maximum absolute atomic E-state index is 11.9. The molecule has 0 fully saturated rings. The summed E-state index contributed by atoms with van der Waals surface area (Å²) in [4.78, 5) is 19.9. The van der Waals surface area contributed by atoms with Gasteiger partial charge in [0.15, 0.2) is 5.82 Å². The van der Waals surface area contributed by atoms with Crippen molar-refractivity contribution < 1.29 is 9.32 Å². The number of rotatable bonds is 6. The largest absolute Gasteiger partial charge is 0.370 e. The molecule has 0 bridgehead atoms. The smallest absolute Gasteiger partial charge is 0.269 e. The summed E-state index contributed by atoms with van der Waals surface area (Å²) in [7, 11) is 0. The summed E-state index contributed by atoms with van der Waals surface area (Å²) in [6.45, 7) is 3.17. The van der Waals surface area contributed by atoms with Crippen LogP contribution in [-0.2, 0) is 6.42 Å². The molecule has 0 aliphatic rings. The minimum absolute atomic E-state index is 0.219. The first-order chi connectivity index (χ1) is 9.29. The number of hydrogen-bond acceptors (Lipinski definition) is 6. The summed E-state index contributed by atoms with van der Waals surface area (Å²) in [6, 6.07) is 5.28. The first-order valence-electron chi connectivity index (χ1n) is 6.04. The van der Waals surface area contributed by atoms with Crippen LogP contribution in [0, 0.1) is 0 Å². The van der Waals surface area contributed by atoms with Crippen molar-refractivity contribution >= 4 is 11.7 Å². The van der Waals surface area contributed by atoms with Gasteiger partial charge in [-0.25, -0.2) is 4.98 Å². The van der Waals surface area contributed by atoms with Crippen LogP contribution in [0.3, 0.4) is 0 Å².